The van der Waals surface area contributed by atoms with Crippen molar-refractivity contribution in [1.29, 1.82) is 0 Å². The number of hydrogen-bond acceptors (Lipinski definition) is 3. The molecule has 98 valence electrons. The van der Waals surface area contributed by atoms with Crippen molar-refractivity contribution in [3.8, 4) is 0 Å². The molecule has 18 heavy (non-hydrogen) atoms. The zero-order valence-corrected chi connectivity index (χ0v) is 12.0. The smallest absolute Gasteiger partial charge is 0.236 e. The van der Waals surface area contributed by atoms with Gasteiger partial charge in [-0.05, 0) is 24.1 Å². The molecule has 1 heterocycles. The highest BCUT2D eigenvalue weighted by atomic mass is 79.9. The highest BCUT2D eigenvalue weighted by Gasteiger charge is 2.26. The number of primary amides is 1. The van der Waals surface area contributed by atoms with Crippen molar-refractivity contribution in [2.45, 2.75) is 19.5 Å². The number of carbonyl (C=O) groups is 1. The first-order chi connectivity index (χ1) is 8.58. The first-order valence-electron chi connectivity index (χ1n) is 6.07. The number of nitrogens with one attached hydrogen (secondary N) is 1. The van der Waals surface area contributed by atoms with E-state index in [4.69, 9.17) is 5.73 Å². The molecule has 4 nitrogen and oxygen atoms in total. The quantitative estimate of drug-likeness (QED) is 0.876. The predicted octanol–water partition coefficient (Wildman–Crippen LogP) is 1.02. The van der Waals surface area contributed by atoms with E-state index in [0.717, 1.165) is 24.1 Å². The van der Waals surface area contributed by atoms with Crippen LogP contribution in [-0.2, 0) is 11.3 Å². The number of amides is 1. The summed E-state index contributed by atoms with van der Waals surface area (Å²) in [7, 11) is 0. The molecule has 1 saturated heterocycles. The molecule has 0 aliphatic carbocycles. The Morgan fingerprint density at radius 2 is 2.39 bits per heavy atom. The van der Waals surface area contributed by atoms with Crippen LogP contribution < -0.4 is 11.1 Å². The maximum atomic E-state index is 11.4. The maximum absolute atomic E-state index is 11.4. The summed E-state index contributed by atoms with van der Waals surface area (Å²) in [6.45, 7) is 5.21. The van der Waals surface area contributed by atoms with E-state index in [0.29, 0.717) is 6.54 Å². The fourth-order valence-corrected chi connectivity index (χ4v) is 2.61. The van der Waals surface area contributed by atoms with Gasteiger partial charge in [0, 0.05) is 30.7 Å². The highest BCUT2D eigenvalue weighted by Crippen LogP contribution is 2.19. The average molecular weight is 312 g/mol. The fourth-order valence-electron chi connectivity index (χ4n) is 2.19. The first kappa shape index (κ1) is 13.5. The van der Waals surface area contributed by atoms with Gasteiger partial charge >= 0.3 is 0 Å². The second kappa shape index (κ2) is 5.82. The molecule has 5 heteroatoms. The van der Waals surface area contributed by atoms with Crippen LogP contribution in [0, 0.1) is 6.92 Å². The lowest BCUT2D eigenvalue weighted by atomic mass is 10.1. The van der Waals surface area contributed by atoms with E-state index in [2.05, 4.69) is 51.3 Å². The summed E-state index contributed by atoms with van der Waals surface area (Å²) in [6.07, 6.45) is 0. The van der Waals surface area contributed by atoms with E-state index in [1.165, 1.54) is 11.1 Å². The molecule has 3 N–H and O–H groups in total. The molecule has 1 aromatic carbocycles. The molecule has 0 bridgehead atoms. The number of nitrogens with zero attached hydrogens (tertiary/aromatic N) is 1. The number of carbonyl (C=O) groups excluding carboxylic acids is 1. The number of hydrogen-bond donors (Lipinski definition) is 2. The summed E-state index contributed by atoms with van der Waals surface area (Å²) in [5, 5.41) is 3.20. The molecule has 1 aromatic rings. The van der Waals surface area contributed by atoms with E-state index in [1.807, 2.05) is 0 Å². The molecule has 2 rings (SSSR count). The van der Waals surface area contributed by atoms with Crippen molar-refractivity contribution < 1.29 is 4.79 Å². The largest absolute Gasteiger partial charge is 0.368 e. The van der Waals surface area contributed by atoms with Gasteiger partial charge in [0.05, 0.1) is 0 Å². The number of halogens is 1. The minimum absolute atomic E-state index is 0.209. The van der Waals surface area contributed by atoms with Crippen LogP contribution >= 0.6 is 15.9 Å². The molecule has 1 aliphatic heterocycles. The zero-order chi connectivity index (χ0) is 13.1. The van der Waals surface area contributed by atoms with Gasteiger partial charge in [-0.15, -0.1) is 0 Å². The lowest BCUT2D eigenvalue weighted by molar-refractivity contribution is -0.124. The molecule has 1 atom stereocenters. The van der Waals surface area contributed by atoms with Crippen molar-refractivity contribution in [3.63, 3.8) is 0 Å². The van der Waals surface area contributed by atoms with Gasteiger partial charge in [-0.25, -0.2) is 0 Å². The molecule has 1 amide bonds. The number of nitrogens with two attached hydrogens (primary N) is 1. The van der Waals surface area contributed by atoms with E-state index in [1.54, 1.807) is 0 Å². The fraction of sp³-hybridized carbons (Fsp3) is 0.462. The molecular weight excluding hydrogens is 294 g/mol. The lowest BCUT2D eigenvalue weighted by Gasteiger charge is -2.34. The van der Waals surface area contributed by atoms with E-state index < -0.39 is 0 Å². The number of piperazine rings is 1. The normalized spacial score (nSPS) is 20.9. The van der Waals surface area contributed by atoms with Crippen molar-refractivity contribution in [1.82, 2.24) is 10.2 Å². The van der Waals surface area contributed by atoms with Crippen LogP contribution in [0.5, 0.6) is 0 Å². The first-order valence-corrected chi connectivity index (χ1v) is 6.86. The van der Waals surface area contributed by atoms with Crippen LogP contribution in [0.25, 0.3) is 0 Å². The molecule has 0 aromatic heterocycles. The van der Waals surface area contributed by atoms with E-state index in [9.17, 15) is 4.79 Å². The Morgan fingerprint density at radius 3 is 3.06 bits per heavy atom. The van der Waals surface area contributed by atoms with Crippen LogP contribution in [0.4, 0.5) is 0 Å². The number of aryl methyl sites for hydroxylation is 1. The zero-order valence-electron chi connectivity index (χ0n) is 10.4. The van der Waals surface area contributed by atoms with Crippen LogP contribution in [0.3, 0.4) is 0 Å². The standard InChI is InChI=1S/C13H18BrN3O/c1-9-2-3-10(6-11(9)14)8-17-5-4-16-7-12(17)13(15)18/h2-3,6,12,16H,4-5,7-8H2,1H3,(H2,15,18). The second-order valence-electron chi connectivity index (χ2n) is 4.68. The monoisotopic (exact) mass is 311 g/mol. The van der Waals surface area contributed by atoms with Crippen LogP contribution in [-0.4, -0.2) is 36.5 Å². The summed E-state index contributed by atoms with van der Waals surface area (Å²) >= 11 is 3.53. The third-order valence-corrected chi connectivity index (χ3v) is 4.16. The van der Waals surface area contributed by atoms with Gasteiger partial charge < -0.3 is 11.1 Å². The third-order valence-electron chi connectivity index (χ3n) is 3.30. The second-order valence-corrected chi connectivity index (χ2v) is 5.53. The number of rotatable bonds is 3. The summed E-state index contributed by atoms with van der Waals surface area (Å²) in [4.78, 5) is 13.5. The highest BCUT2D eigenvalue weighted by molar-refractivity contribution is 9.10. The van der Waals surface area contributed by atoms with Gasteiger partial charge in [0.25, 0.3) is 0 Å². The van der Waals surface area contributed by atoms with Crippen molar-refractivity contribution >= 4 is 21.8 Å². The third kappa shape index (κ3) is 3.10. The maximum Gasteiger partial charge on any atom is 0.236 e. The summed E-state index contributed by atoms with van der Waals surface area (Å²) in [5.41, 5.74) is 7.84. The summed E-state index contributed by atoms with van der Waals surface area (Å²) in [6, 6.07) is 6.08. The molecule has 1 fully saturated rings. The Labute approximate surface area is 116 Å². The van der Waals surface area contributed by atoms with Crippen LogP contribution in [0.2, 0.25) is 0 Å². The van der Waals surface area contributed by atoms with Gasteiger partial charge in [0.15, 0.2) is 0 Å². The van der Waals surface area contributed by atoms with Gasteiger partial charge in [0.2, 0.25) is 5.91 Å². The van der Waals surface area contributed by atoms with Gasteiger partial charge in [0.1, 0.15) is 6.04 Å². The molecule has 0 spiro atoms. The molecular formula is C13H18BrN3O. The van der Waals surface area contributed by atoms with Crippen LogP contribution in [0.1, 0.15) is 11.1 Å². The molecule has 0 radical (unpaired) electrons. The summed E-state index contributed by atoms with van der Waals surface area (Å²) in [5.74, 6) is -0.256. The minimum Gasteiger partial charge on any atom is -0.368 e. The van der Waals surface area contributed by atoms with Crippen LogP contribution in [0.15, 0.2) is 22.7 Å². The Bertz CT molecular complexity index is 450. The lowest BCUT2D eigenvalue weighted by Crippen LogP contribution is -2.56. The Balaban J connectivity index is 2.10. The van der Waals surface area contributed by atoms with Gasteiger partial charge in [-0.3, -0.25) is 9.69 Å². The van der Waals surface area contributed by atoms with Crippen molar-refractivity contribution in [2.75, 3.05) is 19.6 Å². The van der Waals surface area contributed by atoms with E-state index >= 15 is 0 Å². The van der Waals surface area contributed by atoms with Gasteiger partial charge in [-0.1, -0.05) is 28.1 Å². The summed E-state index contributed by atoms with van der Waals surface area (Å²) < 4.78 is 1.10. The SMILES string of the molecule is Cc1ccc(CN2CCNCC2C(N)=O)cc1Br. The Hall–Kier alpha value is -0.910. The predicted molar refractivity (Wildman–Crippen MR) is 75.1 cm³/mol. The van der Waals surface area contributed by atoms with Gasteiger partial charge in [-0.2, -0.15) is 0 Å². The topological polar surface area (TPSA) is 58.4 Å². The van der Waals surface area contributed by atoms with Crippen molar-refractivity contribution in [2.24, 2.45) is 5.73 Å². The minimum atomic E-state index is -0.256. The number of benzene rings is 1. The average Bonchev–Trinajstić information content (AvgIpc) is 2.34. The van der Waals surface area contributed by atoms with E-state index in [-0.39, 0.29) is 11.9 Å². The van der Waals surface area contributed by atoms with Crippen molar-refractivity contribution in [3.05, 3.63) is 33.8 Å². The Kier molecular flexibility index (Phi) is 4.37. The Morgan fingerprint density at radius 1 is 1.61 bits per heavy atom. The molecule has 0 saturated carbocycles. The molecule has 1 unspecified atom stereocenters. The molecule has 1 aliphatic rings.